The van der Waals surface area contributed by atoms with Gasteiger partial charge in [-0.1, -0.05) is 66.2 Å². The van der Waals surface area contributed by atoms with Gasteiger partial charge in [0.15, 0.2) is 0 Å². The summed E-state index contributed by atoms with van der Waals surface area (Å²) in [7, 11) is 0. The quantitative estimate of drug-likeness (QED) is 0.350. The Balaban J connectivity index is 0. The first-order valence-electron chi connectivity index (χ1n) is 8.33. The standard InChI is InChI=1S/2C10H19.2Y/c2*1-8-6-10(5,7-8)9(2,3)4;;/h2*6-7H2,1-5H3;;/q2*-1;;. The molecule has 0 heterocycles. The van der Waals surface area contributed by atoms with Crippen molar-refractivity contribution < 1.29 is 65.4 Å². The fourth-order valence-electron chi connectivity index (χ4n) is 3.62. The van der Waals surface area contributed by atoms with Gasteiger partial charge in [0.05, 0.1) is 0 Å². The van der Waals surface area contributed by atoms with E-state index in [4.69, 9.17) is 0 Å². The molecule has 0 aromatic carbocycles. The van der Waals surface area contributed by atoms with Crippen LogP contribution in [0.15, 0.2) is 0 Å². The molecule has 2 radical (unpaired) electrons. The molecule has 2 rings (SSSR count). The molecule has 0 aliphatic heterocycles. The van der Waals surface area contributed by atoms with Crippen molar-refractivity contribution >= 4 is 0 Å². The van der Waals surface area contributed by atoms with Crippen molar-refractivity contribution in [2.45, 2.75) is 94.9 Å². The third-order valence-electron chi connectivity index (χ3n) is 6.39. The molecule has 0 nitrogen and oxygen atoms in total. The molecule has 2 aliphatic carbocycles. The van der Waals surface area contributed by atoms with Gasteiger partial charge >= 0.3 is 0 Å². The maximum Gasteiger partial charge on any atom is 0 e. The Labute approximate surface area is 191 Å². The first-order valence-corrected chi connectivity index (χ1v) is 8.33. The third-order valence-corrected chi connectivity index (χ3v) is 6.39. The monoisotopic (exact) mass is 456 g/mol. The molecular weight excluding hydrogens is 418 g/mol. The Kier molecular flexibility index (Phi) is 10.5. The van der Waals surface area contributed by atoms with Gasteiger partial charge in [-0.05, 0) is 10.8 Å². The van der Waals surface area contributed by atoms with Gasteiger partial charge in [0.25, 0.3) is 0 Å². The minimum Gasteiger partial charge on any atom is -0.316 e. The maximum absolute atomic E-state index is 2.40. The van der Waals surface area contributed by atoms with Crippen LogP contribution in [0.2, 0.25) is 0 Å². The van der Waals surface area contributed by atoms with Crippen LogP contribution in [-0.4, -0.2) is 0 Å². The van der Waals surface area contributed by atoms with Crippen LogP contribution in [0.3, 0.4) is 0 Å². The van der Waals surface area contributed by atoms with Crippen LogP contribution >= 0.6 is 0 Å². The van der Waals surface area contributed by atoms with Crippen molar-refractivity contribution in [1.82, 2.24) is 0 Å². The molecule has 0 atom stereocenters. The van der Waals surface area contributed by atoms with Gasteiger partial charge in [0.2, 0.25) is 0 Å². The fourth-order valence-corrected chi connectivity index (χ4v) is 3.62. The summed E-state index contributed by atoms with van der Waals surface area (Å²) < 4.78 is 0. The van der Waals surface area contributed by atoms with Gasteiger partial charge in [-0.2, -0.15) is 39.5 Å². The minimum atomic E-state index is 0. The Bertz CT molecular complexity index is 287. The SMILES string of the molecule is C[C-]1CC(C)(C(C)(C)C)C1.C[C-]1CC(C)(C(C)(C)C)C1.[Y].[Y]. The number of hydrogen-bond acceptors (Lipinski definition) is 0. The average molecular weight is 456 g/mol. The smallest absolute Gasteiger partial charge is 0 e. The van der Waals surface area contributed by atoms with Crippen LogP contribution in [0, 0.1) is 33.5 Å². The fraction of sp³-hybridized carbons (Fsp3) is 0.900. The van der Waals surface area contributed by atoms with Crippen LogP contribution in [0.1, 0.15) is 94.9 Å². The summed E-state index contributed by atoms with van der Waals surface area (Å²) in [6.45, 7) is 23.4. The summed E-state index contributed by atoms with van der Waals surface area (Å²) in [5.74, 6) is 3.36. The van der Waals surface area contributed by atoms with Crippen molar-refractivity contribution in [3.63, 3.8) is 0 Å². The van der Waals surface area contributed by atoms with E-state index < -0.39 is 0 Å². The van der Waals surface area contributed by atoms with Crippen molar-refractivity contribution in [2.75, 3.05) is 0 Å². The molecule has 0 unspecified atom stereocenters. The van der Waals surface area contributed by atoms with Crippen LogP contribution in [-0.2, 0) is 65.4 Å². The van der Waals surface area contributed by atoms with E-state index in [1.807, 2.05) is 0 Å². The predicted octanol–water partition coefficient (Wildman–Crippen LogP) is 6.85. The molecule has 2 fully saturated rings. The van der Waals surface area contributed by atoms with Gasteiger partial charge in [-0.25, -0.2) is 0 Å². The second-order valence-electron chi connectivity index (χ2n) is 10.2. The van der Waals surface area contributed by atoms with E-state index in [1.54, 1.807) is 11.8 Å². The van der Waals surface area contributed by atoms with Gasteiger partial charge in [-0.15, -0.1) is 0 Å². The summed E-state index contributed by atoms with van der Waals surface area (Å²) in [4.78, 5) is 0. The number of hydrogen-bond donors (Lipinski definition) is 0. The van der Waals surface area contributed by atoms with Crippen molar-refractivity contribution in [2.24, 2.45) is 21.7 Å². The molecule has 0 aromatic rings. The van der Waals surface area contributed by atoms with Crippen LogP contribution in [0.4, 0.5) is 0 Å². The zero-order chi connectivity index (χ0) is 16.0. The first kappa shape index (κ1) is 26.4. The molecule has 22 heavy (non-hydrogen) atoms. The largest absolute Gasteiger partial charge is 0.316 e. The zero-order valence-electron chi connectivity index (χ0n) is 17.0. The molecule has 2 heteroatoms. The Morgan fingerprint density at radius 1 is 0.591 bits per heavy atom. The van der Waals surface area contributed by atoms with Crippen LogP contribution in [0.5, 0.6) is 0 Å². The Hall–Kier alpha value is 2.21. The minimum absolute atomic E-state index is 0. The predicted molar refractivity (Wildman–Crippen MR) is 91.4 cm³/mol. The molecule has 0 amide bonds. The van der Waals surface area contributed by atoms with Gasteiger partial charge in [0, 0.05) is 65.4 Å². The van der Waals surface area contributed by atoms with E-state index in [0.717, 1.165) is 0 Å². The van der Waals surface area contributed by atoms with Crippen molar-refractivity contribution in [3.8, 4) is 0 Å². The van der Waals surface area contributed by atoms with Gasteiger partial charge < -0.3 is 11.8 Å². The topological polar surface area (TPSA) is 0 Å². The normalized spacial score (nSPS) is 23.7. The Morgan fingerprint density at radius 2 is 0.773 bits per heavy atom. The van der Waals surface area contributed by atoms with Crippen molar-refractivity contribution in [1.29, 1.82) is 0 Å². The van der Waals surface area contributed by atoms with Crippen LogP contribution in [0.25, 0.3) is 0 Å². The molecular formula is C20H38Y2-2. The zero-order valence-corrected chi connectivity index (χ0v) is 22.7. The molecule has 0 bridgehead atoms. The van der Waals surface area contributed by atoms with E-state index in [0.29, 0.717) is 21.7 Å². The summed E-state index contributed by atoms with van der Waals surface area (Å²) in [5.41, 5.74) is 2.17. The third kappa shape index (κ3) is 6.18. The molecule has 2 aliphatic rings. The first-order chi connectivity index (χ1) is 8.70. The summed E-state index contributed by atoms with van der Waals surface area (Å²) in [6, 6.07) is 0. The van der Waals surface area contributed by atoms with E-state index in [-0.39, 0.29) is 65.4 Å². The number of rotatable bonds is 0. The summed E-state index contributed by atoms with van der Waals surface area (Å²) in [6.07, 6.45) is 5.38. The Morgan fingerprint density at radius 3 is 0.818 bits per heavy atom. The summed E-state index contributed by atoms with van der Waals surface area (Å²) >= 11 is 0. The maximum atomic E-state index is 2.40. The molecule has 0 saturated heterocycles. The van der Waals surface area contributed by atoms with E-state index in [9.17, 15) is 0 Å². The molecule has 0 aromatic heterocycles. The van der Waals surface area contributed by atoms with Crippen LogP contribution < -0.4 is 0 Å². The molecule has 0 spiro atoms. The van der Waals surface area contributed by atoms with E-state index in [1.165, 1.54) is 25.7 Å². The molecule has 2 saturated carbocycles. The average Bonchev–Trinajstić information content (AvgIpc) is 2.10. The summed E-state index contributed by atoms with van der Waals surface area (Å²) in [5, 5.41) is 0. The molecule has 0 N–H and O–H groups in total. The second-order valence-corrected chi connectivity index (χ2v) is 10.2. The van der Waals surface area contributed by atoms with E-state index in [2.05, 4.69) is 69.2 Å². The van der Waals surface area contributed by atoms with E-state index >= 15 is 0 Å². The molecule has 126 valence electrons. The van der Waals surface area contributed by atoms with Gasteiger partial charge in [-0.3, -0.25) is 0 Å². The second kappa shape index (κ2) is 8.73. The van der Waals surface area contributed by atoms with Crippen molar-refractivity contribution in [3.05, 3.63) is 11.8 Å². The van der Waals surface area contributed by atoms with Gasteiger partial charge in [0.1, 0.15) is 0 Å².